The molecule has 0 saturated carbocycles. The highest BCUT2D eigenvalue weighted by atomic mass is 16.3. The molecule has 0 N–H and O–H groups in total. The SMILES string of the molecule is CC1(C)c2ccccc2-c2c1ccc1oc3c(-c4c5ccccc5c(-c5cccc6c5oc5ccc7c(c56)-c5ccccc5C7(C)C)c5ccccc45)cccc3c21.CC1(C)c2ccccc2-c2c1ccc1oc3cc(-c4c5ccccc5c(-c5cccc6c5oc5ccc7c(c56)-c5ccccc5C7(C)C)c5ccccc45)ccc3c21. The third kappa shape index (κ3) is 8.47. The molecule has 0 fully saturated rings. The first kappa shape index (κ1) is 65.7. The summed E-state index contributed by atoms with van der Waals surface area (Å²) >= 11 is 0. The molecule has 548 valence electrons. The molecular formula is C112H76O4. The van der Waals surface area contributed by atoms with E-state index in [-0.39, 0.29) is 21.7 Å². The van der Waals surface area contributed by atoms with Crippen molar-refractivity contribution in [1.82, 2.24) is 0 Å². The number of fused-ring (bicyclic) bond motifs is 32. The molecule has 0 atom stereocenters. The van der Waals surface area contributed by atoms with Crippen molar-refractivity contribution in [2.75, 3.05) is 0 Å². The fourth-order valence-corrected chi connectivity index (χ4v) is 22.5. The zero-order valence-corrected chi connectivity index (χ0v) is 65.7. The fraction of sp³-hybridized carbons (Fsp3) is 0.107. The van der Waals surface area contributed by atoms with Gasteiger partial charge in [-0.1, -0.05) is 334 Å². The van der Waals surface area contributed by atoms with Crippen LogP contribution in [0.2, 0.25) is 0 Å². The van der Waals surface area contributed by atoms with E-state index in [0.717, 1.165) is 88.5 Å². The van der Waals surface area contributed by atoms with Gasteiger partial charge in [-0.05, 0) is 180 Å². The first-order valence-electron chi connectivity index (χ1n) is 40.9. The van der Waals surface area contributed by atoms with Crippen LogP contribution in [0.4, 0.5) is 0 Å². The third-order valence-electron chi connectivity index (χ3n) is 27.8. The van der Waals surface area contributed by atoms with Crippen LogP contribution in [0.15, 0.2) is 333 Å². The van der Waals surface area contributed by atoms with Gasteiger partial charge >= 0.3 is 0 Å². The second kappa shape index (κ2) is 23.0. The van der Waals surface area contributed by atoms with E-state index < -0.39 is 0 Å². The Balaban J connectivity index is 0.000000130. The van der Waals surface area contributed by atoms with Crippen molar-refractivity contribution in [2.24, 2.45) is 0 Å². The Hall–Kier alpha value is -13.8. The van der Waals surface area contributed by atoms with Gasteiger partial charge in [-0.25, -0.2) is 0 Å². The largest absolute Gasteiger partial charge is 0.456 e. The lowest BCUT2D eigenvalue weighted by atomic mass is 9.82. The zero-order valence-electron chi connectivity index (χ0n) is 65.7. The molecule has 22 aromatic rings. The van der Waals surface area contributed by atoms with Gasteiger partial charge in [0.15, 0.2) is 0 Å². The minimum absolute atomic E-state index is 0.0711. The van der Waals surface area contributed by atoms with Crippen molar-refractivity contribution in [2.45, 2.75) is 77.0 Å². The first-order chi connectivity index (χ1) is 56.6. The van der Waals surface area contributed by atoms with Gasteiger partial charge in [-0.15, -0.1) is 0 Å². The second-order valence-corrected chi connectivity index (χ2v) is 35.0. The van der Waals surface area contributed by atoms with Gasteiger partial charge in [0.1, 0.15) is 44.7 Å². The summed E-state index contributed by atoms with van der Waals surface area (Å²) in [4.78, 5) is 0. The van der Waals surface area contributed by atoms with E-state index in [1.807, 2.05) is 0 Å². The quantitative estimate of drug-likeness (QED) is 0.165. The molecule has 0 bridgehead atoms. The lowest BCUT2D eigenvalue weighted by molar-refractivity contribution is 0.656. The molecular weight excluding hydrogens is 1410 g/mol. The van der Waals surface area contributed by atoms with Crippen LogP contribution in [-0.4, -0.2) is 0 Å². The van der Waals surface area contributed by atoms with Crippen LogP contribution in [-0.2, 0) is 21.7 Å². The summed E-state index contributed by atoms with van der Waals surface area (Å²) < 4.78 is 27.8. The van der Waals surface area contributed by atoms with E-state index in [0.29, 0.717) is 0 Å². The smallest absolute Gasteiger partial charge is 0.143 e. The lowest BCUT2D eigenvalue weighted by Crippen LogP contribution is -2.14. The van der Waals surface area contributed by atoms with Gasteiger partial charge in [0, 0.05) is 98.1 Å². The fourth-order valence-electron chi connectivity index (χ4n) is 22.5. The molecule has 4 aromatic heterocycles. The monoisotopic (exact) mass is 1480 g/mol. The van der Waals surface area contributed by atoms with E-state index in [2.05, 4.69) is 371 Å². The Morgan fingerprint density at radius 1 is 0.164 bits per heavy atom. The summed E-state index contributed by atoms with van der Waals surface area (Å²) in [5.74, 6) is 0. The van der Waals surface area contributed by atoms with Gasteiger partial charge in [0.05, 0.1) is 0 Å². The molecule has 0 saturated heterocycles. The van der Waals surface area contributed by atoms with Crippen LogP contribution in [0.3, 0.4) is 0 Å². The first-order valence-corrected chi connectivity index (χ1v) is 40.9. The van der Waals surface area contributed by atoms with Crippen LogP contribution < -0.4 is 0 Å². The van der Waals surface area contributed by atoms with Crippen molar-refractivity contribution >= 4 is 131 Å². The van der Waals surface area contributed by atoms with Gasteiger partial charge in [-0.3, -0.25) is 0 Å². The minimum Gasteiger partial charge on any atom is -0.456 e. The summed E-state index contributed by atoms with van der Waals surface area (Å²) in [6.45, 7) is 18.7. The molecule has 26 rings (SSSR count). The summed E-state index contributed by atoms with van der Waals surface area (Å²) in [7, 11) is 0. The molecule has 4 aliphatic carbocycles. The van der Waals surface area contributed by atoms with E-state index in [9.17, 15) is 0 Å². The van der Waals surface area contributed by atoms with Gasteiger partial charge in [-0.2, -0.15) is 0 Å². The van der Waals surface area contributed by atoms with Crippen molar-refractivity contribution in [3.8, 4) is 89.0 Å². The van der Waals surface area contributed by atoms with E-state index in [4.69, 9.17) is 17.7 Å². The number of rotatable bonds is 4. The Morgan fingerprint density at radius 3 is 0.707 bits per heavy atom. The molecule has 4 nitrogen and oxygen atoms in total. The Bertz CT molecular complexity index is 7860. The molecule has 116 heavy (non-hydrogen) atoms. The molecule has 0 unspecified atom stereocenters. The van der Waals surface area contributed by atoms with Crippen LogP contribution in [0.1, 0.15) is 99.9 Å². The van der Waals surface area contributed by atoms with Crippen molar-refractivity contribution < 1.29 is 17.7 Å². The maximum absolute atomic E-state index is 7.01. The van der Waals surface area contributed by atoms with Gasteiger partial charge in [0.2, 0.25) is 0 Å². The van der Waals surface area contributed by atoms with Crippen LogP contribution >= 0.6 is 0 Å². The normalized spacial score (nSPS) is 14.8. The van der Waals surface area contributed by atoms with Crippen molar-refractivity contribution in [3.05, 3.63) is 360 Å². The summed E-state index contributed by atoms with van der Waals surface area (Å²) in [6.07, 6.45) is 0. The second-order valence-electron chi connectivity index (χ2n) is 35.0. The Labute approximate surface area is 670 Å². The highest BCUT2D eigenvalue weighted by Crippen LogP contribution is 2.60. The average molecular weight is 1490 g/mol. The summed E-state index contributed by atoms with van der Waals surface area (Å²) in [5.41, 5.74) is 37.6. The molecule has 0 radical (unpaired) electrons. The standard InChI is InChI=1S/2C56H38O2/c1-55(2)41-25-11-9-19-35(41)49-43(55)27-29-45-51(49)39-23-13-21-37(53(39)57-45)47-31-15-5-7-17-33(31)48(34-18-8-6-16-32(34)47)38-22-14-24-40-52-46(58-54(38)40)30-28-44-50(52)36-20-10-12-26-42(36)56(44,3)4;1-55(2)41-22-11-9-18-36(41)50-43(55)26-28-45-52(50)38-25-24-31(30-47(38)57-45)48-32-14-5-7-16-34(32)49(35-17-8-6-15-33(35)48)39-20-13-21-40-53-46(58-54(39)40)29-27-44-51(53)37-19-10-12-23-42(37)56(44,3)4/h2*5-30H,1-4H3. The topological polar surface area (TPSA) is 52.6 Å². The summed E-state index contributed by atoms with van der Waals surface area (Å²) in [6, 6.07) is 116. The Kier molecular flexibility index (Phi) is 13.0. The van der Waals surface area contributed by atoms with E-state index >= 15 is 0 Å². The number of benzene rings is 18. The van der Waals surface area contributed by atoms with Crippen molar-refractivity contribution in [3.63, 3.8) is 0 Å². The molecule has 0 spiro atoms. The van der Waals surface area contributed by atoms with Crippen LogP contribution in [0.5, 0.6) is 0 Å². The number of hydrogen-bond acceptors (Lipinski definition) is 4. The van der Waals surface area contributed by atoms with E-state index in [1.165, 1.54) is 176 Å². The van der Waals surface area contributed by atoms with Crippen LogP contribution in [0.25, 0.3) is 220 Å². The predicted octanol–water partition coefficient (Wildman–Crippen LogP) is 31.5. The highest BCUT2D eigenvalue weighted by molar-refractivity contribution is 6.30. The highest BCUT2D eigenvalue weighted by Gasteiger charge is 2.42. The maximum atomic E-state index is 7.01. The van der Waals surface area contributed by atoms with E-state index in [1.54, 1.807) is 0 Å². The molecule has 4 aliphatic rings. The average Bonchev–Trinajstić information content (AvgIpc) is 1.52. The zero-order chi connectivity index (χ0) is 77.3. The maximum Gasteiger partial charge on any atom is 0.143 e. The molecule has 0 amide bonds. The van der Waals surface area contributed by atoms with Crippen LogP contribution in [0, 0.1) is 0 Å². The number of furan rings is 4. The molecule has 4 heteroatoms. The Morgan fingerprint density at radius 2 is 0.405 bits per heavy atom. The van der Waals surface area contributed by atoms with Gasteiger partial charge in [0.25, 0.3) is 0 Å². The minimum atomic E-state index is -0.0899. The molecule has 18 aromatic carbocycles. The number of para-hydroxylation sites is 3. The summed E-state index contributed by atoms with van der Waals surface area (Å²) in [5, 5.41) is 19.0. The molecule has 0 aliphatic heterocycles. The van der Waals surface area contributed by atoms with Gasteiger partial charge < -0.3 is 17.7 Å². The third-order valence-corrected chi connectivity index (χ3v) is 27.8. The molecule has 4 heterocycles. The predicted molar refractivity (Wildman–Crippen MR) is 484 cm³/mol. The van der Waals surface area contributed by atoms with Crippen molar-refractivity contribution in [1.29, 1.82) is 0 Å². The number of hydrogen-bond donors (Lipinski definition) is 0. The lowest BCUT2D eigenvalue weighted by Gasteiger charge is -2.21.